The number of piperidine rings is 1. The van der Waals surface area contributed by atoms with E-state index in [1.165, 1.54) is 0 Å². The molecule has 0 aliphatic carbocycles. The molecule has 0 saturated carbocycles. The third-order valence-electron chi connectivity index (χ3n) is 4.82. The molecule has 0 aromatic heterocycles. The molecule has 1 heterocycles. The van der Waals surface area contributed by atoms with Crippen LogP contribution in [-0.4, -0.2) is 54.9 Å². The van der Waals surface area contributed by atoms with Gasteiger partial charge in [-0.2, -0.15) is 0 Å². The first-order valence-electron chi connectivity index (χ1n) is 7.92. The number of hydrogen-bond donors (Lipinski definition) is 0. The smallest absolute Gasteiger partial charge is 0.179 e. The summed E-state index contributed by atoms with van der Waals surface area (Å²) in [6.07, 6.45) is 2.30. The molecular formula is C18H28N2O. The van der Waals surface area contributed by atoms with Crippen molar-refractivity contribution >= 4 is 5.78 Å². The molecule has 0 amide bonds. The van der Waals surface area contributed by atoms with E-state index >= 15 is 0 Å². The normalized spacial score (nSPS) is 19.0. The summed E-state index contributed by atoms with van der Waals surface area (Å²) in [5.41, 5.74) is 3.13. The Labute approximate surface area is 128 Å². The predicted octanol–water partition coefficient (Wildman–Crippen LogP) is 2.90. The molecule has 1 atom stereocenters. The lowest BCUT2D eigenvalue weighted by Gasteiger charge is -2.37. The number of Topliss-reactive ketones (excluding diaryl/α,β-unsaturated/α-hetero) is 1. The minimum absolute atomic E-state index is 0.0198. The highest BCUT2D eigenvalue weighted by atomic mass is 16.1. The van der Waals surface area contributed by atoms with Crippen molar-refractivity contribution in [1.82, 2.24) is 9.80 Å². The van der Waals surface area contributed by atoms with E-state index in [1.54, 1.807) is 0 Å². The van der Waals surface area contributed by atoms with Gasteiger partial charge >= 0.3 is 0 Å². The Bertz CT molecular complexity index is 502. The topological polar surface area (TPSA) is 23.6 Å². The third kappa shape index (κ3) is 3.72. The molecule has 1 aromatic carbocycles. The van der Waals surface area contributed by atoms with Gasteiger partial charge in [-0.25, -0.2) is 0 Å². The van der Waals surface area contributed by atoms with Gasteiger partial charge in [0.1, 0.15) is 0 Å². The summed E-state index contributed by atoms with van der Waals surface area (Å²) in [6.45, 7) is 8.16. The molecule has 0 spiro atoms. The standard InChI is InChI=1S/C18H28N2O/c1-13-6-7-14(2)17(12-13)18(21)15(3)20-10-8-16(9-11-20)19(4)5/h6-7,12,15-16H,8-11H2,1-5H3. The second-order valence-electron chi connectivity index (χ2n) is 6.59. The first-order chi connectivity index (χ1) is 9.90. The van der Waals surface area contributed by atoms with Gasteiger partial charge in [-0.3, -0.25) is 9.69 Å². The van der Waals surface area contributed by atoms with E-state index in [1.807, 2.05) is 26.0 Å². The highest BCUT2D eigenvalue weighted by Crippen LogP contribution is 2.20. The van der Waals surface area contributed by atoms with Gasteiger partial charge in [0, 0.05) is 24.7 Å². The monoisotopic (exact) mass is 288 g/mol. The molecular weight excluding hydrogens is 260 g/mol. The number of benzene rings is 1. The summed E-state index contributed by atoms with van der Waals surface area (Å²) < 4.78 is 0. The summed E-state index contributed by atoms with van der Waals surface area (Å²) >= 11 is 0. The van der Waals surface area contributed by atoms with Crippen molar-refractivity contribution in [3.05, 3.63) is 34.9 Å². The minimum atomic E-state index is -0.0198. The molecule has 0 bridgehead atoms. The lowest BCUT2D eigenvalue weighted by Crippen LogP contribution is -2.48. The average molecular weight is 288 g/mol. The van der Waals surface area contributed by atoms with Gasteiger partial charge in [0.15, 0.2) is 5.78 Å². The van der Waals surface area contributed by atoms with E-state index in [0.29, 0.717) is 6.04 Å². The van der Waals surface area contributed by atoms with Crippen LogP contribution in [0.5, 0.6) is 0 Å². The highest BCUT2D eigenvalue weighted by molar-refractivity contribution is 6.01. The Kier molecular flexibility index (Phi) is 5.17. The van der Waals surface area contributed by atoms with Crippen LogP contribution in [0.15, 0.2) is 18.2 Å². The van der Waals surface area contributed by atoms with Crippen LogP contribution in [0.3, 0.4) is 0 Å². The van der Waals surface area contributed by atoms with Gasteiger partial charge < -0.3 is 4.90 Å². The maximum Gasteiger partial charge on any atom is 0.179 e. The molecule has 1 aliphatic heterocycles. The van der Waals surface area contributed by atoms with Crippen LogP contribution >= 0.6 is 0 Å². The van der Waals surface area contributed by atoms with Gasteiger partial charge in [0.2, 0.25) is 0 Å². The number of carbonyl (C=O) groups excluding carboxylic acids is 1. The first kappa shape index (κ1) is 16.2. The van der Waals surface area contributed by atoms with E-state index in [-0.39, 0.29) is 11.8 Å². The van der Waals surface area contributed by atoms with Gasteiger partial charge in [-0.1, -0.05) is 17.7 Å². The molecule has 1 fully saturated rings. The fraction of sp³-hybridized carbons (Fsp3) is 0.611. The number of nitrogens with zero attached hydrogens (tertiary/aromatic N) is 2. The summed E-state index contributed by atoms with van der Waals surface area (Å²) in [5, 5.41) is 0. The van der Waals surface area contributed by atoms with Crippen LogP contribution in [0.1, 0.15) is 41.3 Å². The molecule has 116 valence electrons. The molecule has 0 radical (unpaired) electrons. The third-order valence-corrected chi connectivity index (χ3v) is 4.82. The maximum absolute atomic E-state index is 12.8. The van der Waals surface area contributed by atoms with Crippen LogP contribution in [0.4, 0.5) is 0 Å². The van der Waals surface area contributed by atoms with E-state index in [2.05, 4.69) is 36.9 Å². The molecule has 1 saturated heterocycles. The van der Waals surface area contributed by atoms with E-state index in [0.717, 1.165) is 42.6 Å². The fourth-order valence-electron chi connectivity index (χ4n) is 3.18. The molecule has 2 rings (SSSR count). The Balaban J connectivity index is 2.05. The van der Waals surface area contributed by atoms with Crippen molar-refractivity contribution in [1.29, 1.82) is 0 Å². The Morgan fingerprint density at radius 3 is 2.43 bits per heavy atom. The lowest BCUT2D eigenvalue weighted by molar-refractivity contribution is 0.0735. The minimum Gasteiger partial charge on any atom is -0.306 e. The number of aryl methyl sites for hydroxylation is 2. The molecule has 1 unspecified atom stereocenters. The largest absolute Gasteiger partial charge is 0.306 e. The van der Waals surface area contributed by atoms with Crippen LogP contribution in [0, 0.1) is 13.8 Å². The Morgan fingerprint density at radius 1 is 1.24 bits per heavy atom. The van der Waals surface area contributed by atoms with E-state index in [4.69, 9.17) is 0 Å². The van der Waals surface area contributed by atoms with E-state index in [9.17, 15) is 4.79 Å². The molecule has 1 aromatic rings. The average Bonchev–Trinajstić information content (AvgIpc) is 2.48. The number of rotatable bonds is 4. The van der Waals surface area contributed by atoms with E-state index < -0.39 is 0 Å². The van der Waals surface area contributed by atoms with Crippen LogP contribution in [-0.2, 0) is 0 Å². The fourth-order valence-corrected chi connectivity index (χ4v) is 3.18. The van der Waals surface area contributed by atoms with Crippen molar-refractivity contribution in [2.75, 3.05) is 27.2 Å². The number of likely N-dealkylation sites (tertiary alicyclic amines) is 1. The quantitative estimate of drug-likeness (QED) is 0.796. The van der Waals surface area contributed by atoms with Gasteiger partial charge in [0.25, 0.3) is 0 Å². The maximum atomic E-state index is 12.8. The molecule has 21 heavy (non-hydrogen) atoms. The molecule has 3 nitrogen and oxygen atoms in total. The zero-order valence-electron chi connectivity index (χ0n) is 14.0. The zero-order valence-corrected chi connectivity index (χ0v) is 14.0. The Hall–Kier alpha value is -1.19. The Morgan fingerprint density at radius 2 is 1.86 bits per heavy atom. The number of hydrogen-bond acceptors (Lipinski definition) is 3. The van der Waals surface area contributed by atoms with Crippen molar-refractivity contribution < 1.29 is 4.79 Å². The van der Waals surface area contributed by atoms with Crippen molar-refractivity contribution in [3.63, 3.8) is 0 Å². The number of carbonyl (C=O) groups is 1. The lowest BCUT2D eigenvalue weighted by atomic mass is 9.95. The SMILES string of the molecule is Cc1ccc(C)c(C(=O)C(C)N2CCC(N(C)C)CC2)c1. The first-order valence-corrected chi connectivity index (χ1v) is 7.92. The summed E-state index contributed by atoms with van der Waals surface area (Å²) in [5.74, 6) is 0.263. The molecule has 3 heteroatoms. The van der Waals surface area contributed by atoms with Gasteiger partial charge in [0.05, 0.1) is 6.04 Å². The van der Waals surface area contributed by atoms with Gasteiger partial charge in [-0.05, 0) is 59.3 Å². The van der Waals surface area contributed by atoms with Crippen molar-refractivity contribution in [2.45, 2.75) is 45.7 Å². The predicted molar refractivity (Wildman–Crippen MR) is 88.0 cm³/mol. The second kappa shape index (κ2) is 6.71. The molecule has 0 N–H and O–H groups in total. The summed E-state index contributed by atoms with van der Waals surface area (Å²) in [6, 6.07) is 6.78. The summed E-state index contributed by atoms with van der Waals surface area (Å²) in [4.78, 5) is 17.4. The van der Waals surface area contributed by atoms with Crippen molar-refractivity contribution in [3.8, 4) is 0 Å². The highest BCUT2D eigenvalue weighted by Gasteiger charge is 2.28. The van der Waals surface area contributed by atoms with Crippen LogP contribution < -0.4 is 0 Å². The van der Waals surface area contributed by atoms with Crippen LogP contribution in [0.2, 0.25) is 0 Å². The number of ketones is 1. The van der Waals surface area contributed by atoms with Gasteiger partial charge in [-0.15, -0.1) is 0 Å². The van der Waals surface area contributed by atoms with Crippen LogP contribution in [0.25, 0.3) is 0 Å². The zero-order chi connectivity index (χ0) is 15.6. The second-order valence-corrected chi connectivity index (χ2v) is 6.59. The van der Waals surface area contributed by atoms with Crippen molar-refractivity contribution in [2.24, 2.45) is 0 Å². The summed E-state index contributed by atoms with van der Waals surface area (Å²) in [7, 11) is 4.29. The molecule has 1 aliphatic rings.